The second-order valence-corrected chi connectivity index (χ2v) is 12.1. The van der Waals surface area contributed by atoms with Crippen LogP contribution in [-0.2, 0) is 32.6 Å². The van der Waals surface area contributed by atoms with Crippen LogP contribution in [0.1, 0.15) is 44.7 Å². The Labute approximate surface area is 247 Å². The van der Waals surface area contributed by atoms with Gasteiger partial charge in [0.15, 0.2) is 0 Å². The molecule has 3 rings (SSSR count). The van der Waals surface area contributed by atoms with Crippen LogP contribution >= 0.6 is 23.2 Å². The van der Waals surface area contributed by atoms with Crippen LogP contribution in [-0.4, -0.2) is 44.3 Å². The van der Waals surface area contributed by atoms with E-state index >= 15 is 0 Å². The molecule has 2 amide bonds. The first kappa shape index (κ1) is 31.5. The van der Waals surface area contributed by atoms with Gasteiger partial charge in [-0.3, -0.25) is 13.9 Å². The van der Waals surface area contributed by atoms with Crippen molar-refractivity contribution in [3.63, 3.8) is 0 Å². The molecule has 0 aliphatic heterocycles. The molecule has 1 N–H and O–H groups in total. The van der Waals surface area contributed by atoms with Crippen molar-refractivity contribution in [3.8, 4) is 0 Å². The van der Waals surface area contributed by atoms with Crippen molar-refractivity contribution in [3.05, 3.63) is 94.0 Å². The van der Waals surface area contributed by atoms with E-state index in [1.54, 1.807) is 55.5 Å². The third-order valence-electron chi connectivity index (χ3n) is 6.60. The number of hydrogen-bond donors (Lipinski definition) is 1. The highest BCUT2D eigenvalue weighted by molar-refractivity contribution is 7.92. The predicted octanol–water partition coefficient (Wildman–Crippen LogP) is 6.08. The molecule has 214 valence electrons. The highest BCUT2D eigenvalue weighted by atomic mass is 35.5. The number of rotatable bonds is 13. The smallest absolute Gasteiger partial charge is 0.264 e. The molecular weight excluding hydrogens is 569 g/mol. The summed E-state index contributed by atoms with van der Waals surface area (Å²) in [5.41, 5.74) is 1.96. The van der Waals surface area contributed by atoms with Crippen LogP contribution < -0.4 is 9.62 Å². The van der Waals surface area contributed by atoms with Gasteiger partial charge >= 0.3 is 0 Å². The van der Waals surface area contributed by atoms with Gasteiger partial charge in [0.1, 0.15) is 12.6 Å². The minimum atomic E-state index is -4.11. The highest BCUT2D eigenvalue weighted by Gasteiger charge is 2.32. The number of carbonyl (C=O) groups is 2. The molecule has 0 saturated heterocycles. The van der Waals surface area contributed by atoms with Crippen molar-refractivity contribution in [1.29, 1.82) is 0 Å². The maximum atomic E-state index is 14.0. The summed E-state index contributed by atoms with van der Waals surface area (Å²) in [6.07, 6.45) is 2.48. The summed E-state index contributed by atoms with van der Waals surface area (Å²) < 4.78 is 28.7. The van der Waals surface area contributed by atoms with Gasteiger partial charge in [-0.1, -0.05) is 79.9 Å². The summed E-state index contributed by atoms with van der Waals surface area (Å²) in [4.78, 5) is 28.4. The Morgan fingerprint density at radius 2 is 1.62 bits per heavy atom. The van der Waals surface area contributed by atoms with E-state index < -0.39 is 28.5 Å². The van der Waals surface area contributed by atoms with E-state index in [1.807, 2.05) is 26.0 Å². The van der Waals surface area contributed by atoms with Crippen LogP contribution in [0.4, 0.5) is 5.69 Å². The van der Waals surface area contributed by atoms with Gasteiger partial charge in [0.05, 0.1) is 10.6 Å². The number of benzene rings is 3. The number of nitrogens with zero attached hydrogens (tertiary/aromatic N) is 2. The lowest BCUT2D eigenvalue weighted by molar-refractivity contribution is -0.139. The lowest BCUT2D eigenvalue weighted by Crippen LogP contribution is -2.51. The molecule has 0 aliphatic rings. The number of sulfonamides is 1. The number of hydrogen-bond acceptors (Lipinski definition) is 4. The first-order valence-electron chi connectivity index (χ1n) is 13.3. The molecule has 0 fully saturated rings. The van der Waals surface area contributed by atoms with Crippen molar-refractivity contribution in [2.75, 3.05) is 17.4 Å². The Morgan fingerprint density at radius 1 is 0.950 bits per heavy atom. The molecule has 7 nitrogen and oxygen atoms in total. The predicted molar refractivity (Wildman–Crippen MR) is 161 cm³/mol. The van der Waals surface area contributed by atoms with Crippen LogP contribution in [0.15, 0.2) is 77.7 Å². The fourth-order valence-electron chi connectivity index (χ4n) is 4.10. The average Bonchev–Trinajstić information content (AvgIpc) is 2.95. The summed E-state index contributed by atoms with van der Waals surface area (Å²) in [7, 11) is -4.11. The molecule has 0 aliphatic carbocycles. The number of anilines is 1. The molecule has 1 atom stereocenters. The van der Waals surface area contributed by atoms with Gasteiger partial charge in [0.25, 0.3) is 10.0 Å². The van der Waals surface area contributed by atoms with Crippen LogP contribution in [0.2, 0.25) is 10.0 Å². The third kappa shape index (κ3) is 7.99. The number of aryl methyl sites for hydroxylation is 1. The maximum Gasteiger partial charge on any atom is 0.264 e. The number of nitrogens with one attached hydrogen (secondary N) is 1. The number of halogens is 2. The first-order valence-corrected chi connectivity index (χ1v) is 15.5. The van der Waals surface area contributed by atoms with Gasteiger partial charge in [0.2, 0.25) is 11.8 Å². The largest absolute Gasteiger partial charge is 0.354 e. The van der Waals surface area contributed by atoms with Crippen LogP contribution in [0.3, 0.4) is 0 Å². The second kappa shape index (κ2) is 14.5. The van der Waals surface area contributed by atoms with Gasteiger partial charge in [-0.25, -0.2) is 8.42 Å². The zero-order chi connectivity index (χ0) is 29.3. The zero-order valence-corrected chi connectivity index (χ0v) is 25.3. The van der Waals surface area contributed by atoms with E-state index in [9.17, 15) is 18.0 Å². The molecular formula is C30H35Cl2N3O4S. The maximum absolute atomic E-state index is 14.0. The third-order valence-corrected chi connectivity index (χ3v) is 8.97. The second-order valence-electron chi connectivity index (χ2n) is 9.42. The average molecular weight is 605 g/mol. The molecule has 40 heavy (non-hydrogen) atoms. The Morgan fingerprint density at radius 3 is 2.23 bits per heavy atom. The van der Waals surface area contributed by atoms with Gasteiger partial charge in [0, 0.05) is 23.1 Å². The van der Waals surface area contributed by atoms with Crippen LogP contribution in [0, 0.1) is 0 Å². The number of carbonyl (C=O) groups excluding carboxylic acids is 2. The molecule has 10 heteroatoms. The van der Waals surface area contributed by atoms with E-state index in [0.29, 0.717) is 27.8 Å². The number of unbranched alkanes of at least 4 members (excludes halogenated alkanes) is 1. The summed E-state index contributed by atoms with van der Waals surface area (Å²) in [5, 5.41) is 3.64. The highest BCUT2D eigenvalue weighted by Crippen LogP contribution is 2.27. The van der Waals surface area contributed by atoms with Crippen LogP contribution in [0.25, 0.3) is 0 Å². The van der Waals surface area contributed by atoms with Crippen molar-refractivity contribution in [1.82, 2.24) is 10.2 Å². The van der Waals surface area contributed by atoms with Crippen molar-refractivity contribution in [2.24, 2.45) is 0 Å². The molecule has 0 saturated carbocycles. The molecule has 3 aromatic rings. The van der Waals surface area contributed by atoms with E-state index in [-0.39, 0.29) is 17.3 Å². The van der Waals surface area contributed by atoms with E-state index in [1.165, 1.54) is 17.0 Å². The molecule has 0 spiro atoms. The minimum absolute atomic E-state index is 0.00873. The Kier molecular flexibility index (Phi) is 11.4. The molecule has 0 bridgehead atoms. The summed E-state index contributed by atoms with van der Waals surface area (Å²) in [5.74, 6) is -0.889. The van der Waals surface area contributed by atoms with Crippen LogP contribution in [0.5, 0.6) is 0 Å². The van der Waals surface area contributed by atoms with Gasteiger partial charge in [-0.05, 0) is 67.3 Å². The van der Waals surface area contributed by atoms with E-state index in [2.05, 4.69) is 5.32 Å². The fourth-order valence-corrected chi connectivity index (χ4v) is 6.00. The SMILES string of the molecule is CCCCNC(=O)[C@H](C)N(Cc1ccc(Cl)cc1Cl)C(=O)CN(c1ccc(CC)cc1)S(=O)(=O)c1ccccc1. The quantitative estimate of drug-likeness (QED) is 0.240. The monoisotopic (exact) mass is 603 g/mol. The lowest BCUT2D eigenvalue weighted by atomic mass is 10.1. The van der Waals surface area contributed by atoms with E-state index in [0.717, 1.165) is 29.1 Å². The standard InChI is InChI=1S/C30H35Cl2N3O4S/c1-4-6-18-33-30(37)22(3)34(20-24-14-15-25(31)19-28(24)32)29(36)21-35(26-16-12-23(5-2)13-17-26)40(38,39)27-10-8-7-9-11-27/h7-17,19,22H,4-6,18,20-21H2,1-3H3,(H,33,37)/t22-/m0/s1. The van der Waals surface area contributed by atoms with Crippen molar-refractivity contribution in [2.45, 2.75) is 57.5 Å². The molecule has 0 unspecified atom stereocenters. The lowest BCUT2D eigenvalue weighted by Gasteiger charge is -2.32. The topological polar surface area (TPSA) is 86.8 Å². The summed E-state index contributed by atoms with van der Waals surface area (Å²) in [6.45, 7) is 5.59. The van der Waals surface area contributed by atoms with Gasteiger partial charge < -0.3 is 10.2 Å². The fraction of sp³-hybridized carbons (Fsp3) is 0.333. The Balaban J connectivity index is 2.01. The summed E-state index contributed by atoms with van der Waals surface area (Å²) in [6, 6.07) is 19.0. The summed E-state index contributed by atoms with van der Waals surface area (Å²) >= 11 is 12.5. The molecule has 0 heterocycles. The molecule has 3 aromatic carbocycles. The van der Waals surface area contributed by atoms with Crippen molar-refractivity contribution >= 4 is 50.7 Å². The molecule has 0 aromatic heterocycles. The normalized spacial score (nSPS) is 12.0. The van der Waals surface area contributed by atoms with Crippen molar-refractivity contribution < 1.29 is 18.0 Å². The zero-order valence-electron chi connectivity index (χ0n) is 22.9. The Hall–Kier alpha value is -3.07. The minimum Gasteiger partial charge on any atom is -0.354 e. The number of amides is 2. The first-order chi connectivity index (χ1) is 19.1. The van der Waals surface area contributed by atoms with Gasteiger partial charge in [-0.2, -0.15) is 0 Å². The van der Waals surface area contributed by atoms with Gasteiger partial charge in [-0.15, -0.1) is 0 Å². The molecule has 0 radical (unpaired) electrons. The van der Waals surface area contributed by atoms with E-state index in [4.69, 9.17) is 23.2 Å². The Bertz CT molecular complexity index is 1400.